The Morgan fingerprint density at radius 2 is 1.96 bits per heavy atom. The highest BCUT2D eigenvalue weighted by Crippen LogP contribution is 2.18. The van der Waals surface area contributed by atoms with Crippen LogP contribution in [-0.4, -0.2) is 54.4 Å². The summed E-state index contributed by atoms with van der Waals surface area (Å²) in [6.45, 7) is 6.95. The number of morpholine rings is 1. The zero-order chi connectivity index (χ0) is 19.1. The summed E-state index contributed by atoms with van der Waals surface area (Å²) < 4.78 is 23.4. The molecule has 27 heavy (non-hydrogen) atoms. The van der Waals surface area contributed by atoms with E-state index in [1.165, 1.54) is 0 Å². The van der Waals surface area contributed by atoms with Crippen molar-refractivity contribution in [3.63, 3.8) is 0 Å². The minimum atomic E-state index is -1.20. The fourth-order valence-electron chi connectivity index (χ4n) is 3.01. The second kappa shape index (κ2) is 9.82. The van der Waals surface area contributed by atoms with Crippen molar-refractivity contribution >= 4 is 16.7 Å². The van der Waals surface area contributed by atoms with E-state index in [2.05, 4.69) is 10.2 Å². The van der Waals surface area contributed by atoms with Crippen LogP contribution >= 0.6 is 0 Å². The van der Waals surface area contributed by atoms with E-state index in [0.29, 0.717) is 12.3 Å². The van der Waals surface area contributed by atoms with Crippen molar-refractivity contribution in [3.05, 3.63) is 53.5 Å². The first-order valence-electron chi connectivity index (χ1n) is 9.24. The summed E-state index contributed by atoms with van der Waals surface area (Å²) in [5, 5.41) is 2.88. The van der Waals surface area contributed by atoms with Crippen LogP contribution in [0.1, 0.15) is 28.3 Å². The van der Waals surface area contributed by atoms with Crippen LogP contribution in [0.5, 0.6) is 0 Å². The van der Waals surface area contributed by atoms with Gasteiger partial charge in [0, 0.05) is 24.5 Å². The molecule has 0 saturated carbocycles. The minimum absolute atomic E-state index is 0.232. The summed E-state index contributed by atoms with van der Waals surface area (Å²) in [6.07, 6.45) is 0.886. The van der Waals surface area contributed by atoms with Crippen LogP contribution in [0.15, 0.2) is 45.7 Å². The molecular weight excluding hydrogens is 364 g/mol. The van der Waals surface area contributed by atoms with Crippen molar-refractivity contribution in [1.29, 1.82) is 0 Å². The van der Waals surface area contributed by atoms with E-state index in [9.17, 15) is 9.00 Å². The number of furan rings is 1. The van der Waals surface area contributed by atoms with E-state index in [-0.39, 0.29) is 17.4 Å². The number of nitrogens with zero attached hydrogens (tertiary/aromatic N) is 1. The van der Waals surface area contributed by atoms with Gasteiger partial charge in [-0.05, 0) is 43.7 Å². The number of rotatable bonds is 8. The van der Waals surface area contributed by atoms with Crippen molar-refractivity contribution in [2.24, 2.45) is 0 Å². The van der Waals surface area contributed by atoms with Gasteiger partial charge < -0.3 is 14.5 Å². The summed E-state index contributed by atoms with van der Waals surface area (Å²) in [6, 6.07) is 10.9. The topological polar surface area (TPSA) is 71.8 Å². The largest absolute Gasteiger partial charge is 0.455 e. The summed E-state index contributed by atoms with van der Waals surface area (Å²) in [4.78, 5) is 15.3. The highest BCUT2D eigenvalue weighted by atomic mass is 32.2. The molecular formula is C20H26N2O4S. The predicted molar refractivity (Wildman–Crippen MR) is 104 cm³/mol. The summed E-state index contributed by atoms with van der Waals surface area (Å²) in [5.41, 5.74) is 0.987. The standard InChI is InChI=1S/C20H26N2O4S/c1-16-5-2-3-6-19(16)27(24)15-17-7-8-18(26-17)20(23)21-9-4-10-22-11-13-25-14-12-22/h2-3,5-8H,4,9-15H2,1H3,(H,21,23). The van der Waals surface area contributed by atoms with Gasteiger partial charge in [0.05, 0.1) is 29.8 Å². The summed E-state index contributed by atoms with van der Waals surface area (Å²) in [5.74, 6) is 0.841. The van der Waals surface area contributed by atoms with E-state index in [0.717, 1.165) is 49.7 Å². The lowest BCUT2D eigenvalue weighted by Crippen LogP contribution is -2.38. The van der Waals surface area contributed by atoms with Crippen molar-refractivity contribution in [3.8, 4) is 0 Å². The van der Waals surface area contributed by atoms with Gasteiger partial charge in [-0.3, -0.25) is 13.9 Å². The number of ether oxygens (including phenoxy) is 1. The zero-order valence-electron chi connectivity index (χ0n) is 15.6. The molecule has 1 saturated heterocycles. The number of nitrogens with one attached hydrogen (secondary N) is 1. The summed E-state index contributed by atoms with van der Waals surface area (Å²) in [7, 11) is -1.20. The van der Waals surface area contributed by atoms with E-state index < -0.39 is 10.8 Å². The maximum Gasteiger partial charge on any atom is 0.286 e. The maximum atomic E-state index is 12.5. The first-order valence-corrected chi connectivity index (χ1v) is 10.6. The van der Waals surface area contributed by atoms with Crippen LogP contribution in [0.2, 0.25) is 0 Å². The zero-order valence-corrected chi connectivity index (χ0v) is 16.4. The molecule has 1 aromatic carbocycles. The van der Waals surface area contributed by atoms with Crippen molar-refractivity contribution in [1.82, 2.24) is 10.2 Å². The molecule has 3 rings (SSSR count). The van der Waals surface area contributed by atoms with E-state index >= 15 is 0 Å². The third-order valence-corrected chi connectivity index (χ3v) is 6.03. The second-order valence-corrected chi connectivity index (χ2v) is 8.00. The molecule has 0 radical (unpaired) electrons. The van der Waals surface area contributed by atoms with E-state index in [1.807, 2.05) is 31.2 Å². The lowest BCUT2D eigenvalue weighted by atomic mass is 10.2. The molecule has 1 atom stereocenters. The molecule has 1 N–H and O–H groups in total. The summed E-state index contributed by atoms with van der Waals surface area (Å²) >= 11 is 0. The van der Waals surface area contributed by atoms with Gasteiger partial charge in [0.1, 0.15) is 5.76 Å². The normalized spacial score (nSPS) is 16.2. The van der Waals surface area contributed by atoms with Crippen LogP contribution in [0.3, 0.4) is 0 Å². The molecule has 2 heterocycles. The number of carbonyl (C=O) groups is 1. The number of hydrogen-bond acceptors (Lipinski definition) is 5. The fraction of sp³-hybridized carbons (Fsp3) is 0.450. The molecule has 7 heteroatoms. The Bertz CT molecular complexity index is 784. The Balaban J connectivity index is 1.44. The average Bonchev–Trinajstić information content (AvgIpc) is 3.15. The molecule has 146 valence electrons. The Morgan fingerprint density at radius 1 is 1.19 bits per heavy atom. The third-order valence-electron chi connectivity index (χ3n) is 4.54. The van der Waals surface area contributed by atoms with Gasteiger partial charge in [0.15, 0.2) is 5.76 Å². The van der Waals surface area contributed by atoms with E-state index in [4.69, 9.17) is 9.15 Å². The monoisotopic (exact) mass is 390 g/mol. The Hall–Kier alpha value is -1.96. The van der Waals surface area contributed by atoms with Gasteiger partial charge in [-0.25, -0.2) is 0 Å². The lowest BCUT2D eigenvalue weighted by molar-refractivity contribution is 0.0374. The van der Waals surface area contributed by atoms with Crippen LogP contribution < -0.4 is 5.32 Å². The van der Waals surface area contributed by atoms with Gasteiger partial charge >= 0.3 is 0 Å². The minimum Gasteiger partial charge on any atom is -0.455 e. The number of amides is 1. The van der Waals surface area contributed by atoms with Crippen molar-refractivity contribution in [2.75, 3.05) is 39.4 Å². The van der Waals surface area contributed by atoms with Crippen LogP contribution in [0.25, 0.3) is 0 Å². The quantitative estimate of drug-likeness (QED) is 0.701. The van der Waals surface area contributed by atoms with Crippen LogP contribution in [0.4, 0.5) is 0 Å². The number of carbonyl (C=O) groups excluding carboxylic acids is 1. The number of benzene rings is 1. The van der Waals surface area contributed by atoms with Crippen LogP contribution in [-0.2, 0) is 21.3 Å². The first-order chi connectivity index (χ1) is 13.1. The SMILES string of the molecule is Cc1ccccc1S(=O)Cc1ccc(C(=O)NCCCN2CCOCC2)o1. The van der Waals surface area contributed by atoms with Crippen LogP contribution in [0, 0.1) is 6.92 Å². The van der Waals surface area contributed by atoms with Gasteiger partial charge in [-0.15, -0.1) is 0 Å². The Kier molecular flexibility index (Phi) is 7.20. The molecule has 1 aliphatic heterocycles. The molecule has 1 unspecified atom stereocenters. The highest BCUT2D eigenvalue weighted by molar-refractivity contribution is 7.84. The molecule has 6 nitrogen and oxygen atoms in total. The second-order valence-electron chi connectivity index (χ2n) is 6.58. The lowest BCUT2D eigenvalue weighted by Gasteiger charge is -2.26. The third kappa shape index (κ3) is 5.76. The highest BCUT2D eigenvalue weighted by Gasteiger charge is 2.15. The molecule has 1 aromatic heterocycles. The molecule has 1 fully saturated rings. The molecule has 1 aliphatic rings. The molecule has 1 amide bonds. The number of aryl methyl sites for hydroxylation is 1. The van der Waals surface area contributed by atoms with Gasteiger partial charge in [0.25, 0.3) is 5.91 Å². The van der Waals surface area contributed by atoms with Crippen molar-refractivity contribution in [2.45, 2.75) is 24.0 Å². The molecule has 0 bridgehead atoms. The number of hydrogen-bond donors (Lipinski definition) is 1. The van der Waals surface area contributed by atoms with Gasteiger partial charge in [0.2, 0.25) is 0 Å². The fourth-order valence-corrected chi connectivity index (χ4v) is 4.24. The molecule has 2 aromatic rings. The molecule has 0 aliphatic carbocycles. The predicted octanol–water partition coefficient (Wildman–Crippen LogP) is 2.35. The van der Waals surface area contributed by atoms with Gasteiger partial charge in [-0.1, -0.05) is 18.2 Å². The smallest absolute Gasteiger partial charge is 0.286 e. The van der Waals surface area contributed by atoms with E-state index in [1.54, 1.807) is 12.1 Å². The Morgan fingerprint density at radius 3 is 2.74 bits per heavy atom. The van der Waals surface area contributed by atoms with Crippen molar-refractivity contribution < 1.29 is 18.2 Å². The average molecular weight is 391 g/mol. The maximum absolute atomic E-state index is 12.5. The Labute approximate surface area is 162 Å². The van der Waals surface area contributed by atoms with Gasteiger partial charge in [-0.2, -0.15) is 0 Å². The molecule has 0 spiro atoms. The first kappa shape index (κ1) is 19.8.